The first-order chi connectivity index (χ1) is 9.28. The summed E-state index contributed by atoms with van der Waals surface area (Å²) < 4.78 is 0. The minimum Gasteiger partial charge on any atom is -0.328 e. The van der Waals surface area contributed by atoms with Crippen molar-refractivity contribution in [2.45, 2.75) is 13.1 Å². The number of aromatic nitrogens is 2. The summed E-state index contributed by atoms with van der Waals surface area (Å²) in [6.07, 6.45) is 3.24. The van der Waals surface area contributed by atoms with E-state index in [1.54, 1.807) is 35.4 Å². The third kappa shape index (κ3) is 2.04. The number of amides is 1. The van der Waals surface area contributed by atoms with Gasteiger partial charge in [0.1, 0.15) is 6.33 Å². The Labute approximate surface area is 110 Å². The fourth-order valence-corrected chi connectivity index (χ4v) is 2.11. The maximum absolute atomic E-state index is 12.3. The van der Waals surface area contributed by atoms with Crippen LogP contribution in [0.3, 0.4) is 0 Å². The van der Waals surface area contributed by atoms with E-state index in [0.717, 1.165) is 11.3 Å². The smallest absolute Gasteiger partial charge is 0.254 e. The lowest BCUT2D eigenvalue weighted by molar-refractivity contribution is 0.0750. The highest BCUT2D eigenvalue weighted by Crippen LogP contribution is 2.21. The fraction of sp³-hybridized carbons (Fsp3) is 0.143. The van der Waals surface area contributed by atoms with Crippen LogP contribution in [0.2, 0.25) is 0 Å². The summed E-state index contributed by atoms with van der Waals surface area (Å²) in [5.41, 5.74) is 3.02. The van der Waals surface area contributed by atoms with Crippen LogP contribution in [0.15, 0.2) is 36.8 Å². The Morgan fingerprint density at radius 1 is 1.26 bits per heavy atom. The van der Waals surface area contributed by atoms with E-state index in [-0.39, 0.29) is 5.91 Å². The van der Waals surface area contributed by atoms with Gasteiger partial charge in [0.15, 0.2) is 0 Å². The average molecular weight is 250 g/mol. The van der Waals surface area contributed by atoms with Crippen molar-refractivity contribution in [3.05, 3.63) is 59.2 Å². The van der Waals surface area contributed by atoms with Gasteiger partial charge in [0, 0.05) is 23.9 Å². The van der Waals surface area contributed by atoms with Gasteiger partial charge in [-0.15, -0.1) is 0 Å². The number of carbonyl (C=O) groups excluding carboxylic acids is 1. The van der Waals surface area contributed by atoms with Crippen LogP contribution in [0.5, 0.6) is 0 Å². The van der Waals surface area contributed by atoms with Gasteiger partial charge in [0.05, 0.1) is 23.9 Å². The molecule has 92 valence electrons. The van der Waals surface area contributed by atoms with E-state index in [1.165, 1.54) is 6.33 Å². The second-order valence-corrected chi connectivity index (χ2v) is 4.35. The molecule has 0 saturated heterocycles. The van der Waals surface area contributed by atoms with Gasteiger partial charge in [-0.2, -0.15) is 5.26 Å². The topological polar surface area (TPSA) is 69.9 Å². The summed E-state index contributed by atoms with van der Waals surface area (Å²) in [4.78, 5) is 22.2. The second-order valence-electron chi connectivity index (χ2n) is 4.35. The fourth-order valence-electron chi connectivity index (χ4n) is 2.11. The van der Waals surface area contributed by atoms with Gasteiger partial charge in [-0.1, -0.05) is 0 Å². The molecule has 1 amide bonds. The van der Waals surface area contributed by atoms with Crippen molar-refractivity contribution >= 4 is 5.91 Å². The summed E-state index contributed by atoms with van der Waals surface area (Å²) >= 11 is 0. The first-order valence-electron chi connectivity index (χ1n) is 5.85. The molecule has 0 fully saturated rings. The van der Waals surface area contributed by atoms with Gasteiger partial charge in [-0.25, -0.2) is 9.97 Å². The number of hydrogen-bond donors (Lipinski definition) is 0. The molecule has 19 heavy (non-hydrogen) atoms. The van der Waals surface area contributed by atoms with Crippen LogP contribution in [-0.2, 0) is 13.1 Å². The number of hydrogen-bond acceptors (Lipinski definition) is 4. The predicted octanol–water partition coefficient (Wildman–Crippen LogP) is 1.50. The Bertz CT molecular complexity index is 648. The van der Waals surface area contributed by atoms with Crippen molar-refractivity contribution in [3.63, 3.8) is 0 Å². The van der Waals surface area contributed by atoms with Gasteiger partial charge in [0.2, 0.25) is 0 Å². The van der Waals surface area contributed by atoms with Crippen LogP contribution in [0, 0.1) is 11.3 Å². The molecule has 5 nitrogen and oxygen atoms in total. The molecule has 0 bridgehead atoms. The molecule has 0 aliphatic carbocycles. The Hall–Kier alpha value is -2.74. The van der Waals surface area contributed by atoms with E-state index in [2.05, 4.69) is 9.97 Å². The standard InChI is InChI=1S/C14H10N4O/c15-5-10-1-3-11(4-2-10)14(19)18-7-12-6-16-9-17-13(12)8-18/h1-4,6,9H,7-8H2. The first kappa shape index (κ1) is 11.4. The number of fused-ring (bicyclic) bond motifs is 1. The quantitative estimate of drug-likeness (QED) is 0.769. The lowest BCUT2D eigenvalue weighted by atomic mass is 10.1. The zero-order valence-electron chi connectivity index (χ0n) is 10.1. The largest absolute Gasteiger partial charge is 0.328 e. The number of nitriles is 1. The molecule has 1 aliphatic rings. The maximum Gasteiger partial charge on any atom is 0.254 e. The molecule has 2 heterocycles. The molecule has 0 atom stereocenters. The molecule has 1 aromatic carbocycles. The van der Waals surface area contributed by atoms with E-state index in [1.807, 2.05) is 6.07 Å². The minimum absolute atomic E-state index is 0.0533. The van der Waals surface area contributed by atoms with Gasteiger partial charge in [-0.3, -0.25) is 4.79 Å². The highest BCUT2D eigenvalue weighted by molar-refractivity contribution is 5.94. The molecule has 0 radical (unpaired) electrons. The van der Waals surface area contributed by atoms with Gasteiger partial charge < -0.3 is 4.90 Å². The number of benzene rings is 1. The maximum atomic E-state index is 12.3. The highest BCUT2D eigenvalue weighted by Gasteiger charge is 2.25. The van der Waals surface area contributed by atoms with E-state index >= 15 is 0 Å². The molecule has 1 aliphatic heterocycles. The van der Waals surface area contributed by atoms with E-state index in [9.17, 15) is 4.79 Å². The van der Waals surface area contributed by atoms with Crippen LogP contribution in [0.1, 0.15) is 27.2 Å². The lowest BCUT2D eigenvalue weighted by Crippen LogP contribution is -2.25. The molecule has 0 spiro atoms. The molecule has 3 rings (SSSR count). The molecule has 2 aromatic rings. The lowest BCUT2D eigenvalue weighted by Gasteiger charge is -2.14. The van der Waals surface area contributed by atoms with Crippen LogP contribution >= 0.6 is 0 Å². The third-order valence-electron chi connectivity index (χ3n) is 3.13. The predicted molar refractivity (Wildman–Crippen MR) is 66.8 cm³/mol. The summed E-state index contributed by atoms with van der Waals surface area (Å²) in [6, 6.07) is 8.68. The molecule has 0 unspecified atom stereocenters. The molecule has 0 N–H and O–H groups in total. The second kappa shape index (κ2) is 4.50. The SMILES string of the molecule is N#Cc1ccc(C(=O)N2Cc3cncnc3C2)cc1. The molecular weight excluding hydrogens is 240 g/mol. The monoisotopic (exact) mass is 250 g/mol. The summed E-state index contributed by atoms with van der Waals surface area (Å²) in [6.45, 7) is 1.05. The number of nitrogens with zero attached hydrogens (tertiary/aromatic N) is 4. The number of rotatable bonds is 1. The molecular formula is C14H10N4O. The van der Waals surface area contributed by atoms with Crippen LogP contribution < -0.4 is 0 Å². The van der Waals surface area contributed by atoms with Gasteiger partial charge >= 0.3 is 0 Å². The zero-order chi connectivity index (χ0) is 13.2. The van der Waals surface area contributed by atoms with Crippen LogP contribution in [0.25, 0.3) is 0 Å². The molecule has 5 heteroatoms. The number of carbonyl (C=O) groups is 1. The van der Waals surface area contributed by atoms with E-state index < -0.39 is 0 Å². The van der Waals surface area contributed by atoms with Gasteiger partial charge in [-0.05, 0) is 24.3 Å². The molecule has 1 aromatic heterocycles. The van der Waals surface area contributed by atoms with E-state index in [0.29, 0.717) is 24.2 Å². The van der Waals surface area contributed by atoms with Crippen molar-refractivity contribution in [2.75, 3.05) is 0 Å². The Morgan fingerprint density at radius 3 is 2.74 bits per heavy atom. The van der Waals surface area contributed by atoms with Crippen LogP contribution in [0.4, 0.5) is 0 Å². The minimum atomic E-state index is -0.0533. The Kier molecular flexibility index (Phi) is 2.69. The summed E-state index contributed by atoms with van der Waals surface area (Å²) in [5.74, 6) is -0.0533. The normalized spacial score (nSPS) is 12.9. The average Bonchev–Trinajstić information content (AvgIpc) is 2.90. The molecule has 0 saturated carbocycles. The third-order valence-corrected chi connectivity index (χ3v) is 3.13. The van der Waals surface area contributed by atoms with Crippen molar-refractivity contribution < 1.29 is 4.79 Å². The van der Waals surface area contributed by atoms with Crippen molar-refractivity contribution in [3.8, 4) is 6.07 Å². The van der Waals surface area contributed by atoms with Crippen molar-refractivity contribution in [1.82, 2.24) is 14.9 Å². The van der Waals surface area contributed by atoms with Crippen LogP contribution in [-0.4, -0.2) is 20.8 Å². The summed E-state index contributed by atoms with van der Waals surface area (Å²) in [5, 5.41) is 8.74. The van der Waals surface area contributed by atoms with E-state index in [4.69, 9.17) is 5.26 Å². The summed E-state index contributed by atoms with van der Waals surface area (Å²) in [7, 11) is 0. The van der Waals surface area contributed by atoms with Crippen molar-refractivity contribution in [1.29, 1.82) is 5.26 Å². The van der Waals surface area contributed by atoms with Gasteiger partial charge in [0.25, 0.3) is 5.91 Å². The zero-order valence-corrected chi connectivity index (χ0v) is 10.1. The first-order valence-corrected chi connectivity index (χ1v) is 5.85. The Morgan fingerprint density at radius 2 is 2.05 bits per heavy atom. The highest BCUT2D eigenvalue weighted by atomic mass is 16.2. The Balaban J connectivity index is 1.81. The van der Waals surface area contributed by atoms with Crippen molar-refractivity contribution in [2.24, 2.45) is 0 Å².